The van der Waals surface area contributed by atoms with Gasteiger partial charge in [-0.3, -0.25) is 4.79 Å². The second-order valence-corrected chi connectivity index (χ2v) is 6.02. The Hall–Kier alpha value is -1.36. The summed E-state index contributed by atoms with van der Waals surface area (Å²) in [5.74, 6) is -0.664. The molecule has 0 saturated heterocycles. The average Bonchev–Trinajstić information content (AvgIpc) is 2.37. The number of rotatable bonds is 6. The van der Waals surface area contributed by atoms with Crippen LogP contribution in [0.5, 0.6) is 0 Å². The van der Waals surface area contributed by atoms with Crippen molar-refractivity contribution in [2.45, 2.75) is 36.8 Å². The number of benzene rings is 1. The molecule has 0 aliphatic heterocycles. The highest BCUT2D eigenvalue weighted by Gasteiger charge is 2.34. The minimum absolute atomic E-state index is 0.163. The lowest BCUT2D eigenvalue weighted by Gasteiger charge is -2.15. The molecule has 4 nitrogen and oxygen atoms in total. The van der Waals surface area contributed by atoms with E-state index in [0.29, 0.717) is 6.42 Å². The fraction of sp³-hybridized carbons (Fsp3) is 0.462. The first kappa shape index (κ1) is 14.7. The maximum Gasteiger partial charge on any atom is 0.324 e. The lowest BCUT2D eigenvalue weighted by atomic mass is 10.2. The van der Waals surface area contributed by atoms with Crippen molar-refractivity contribution in [3.63, 3.8) is 0 Å². The van der Waals surface area contributed by atoms with E-state index in [4.69, 9.17) is 4.74 Å². The molecule has 0 aromatic heterocycles. The minimum Gasteiger partial charge on any atom is -0.465 e. The van der Waals surface area contributed by atoms with E-state index in [1.54, 1.807) is 25.1 Å². The van der Waals surface area contributed by atoms with Crippen LogP contribution in [-0.4, -0.2) is 26.2 Å². The normalized spacial score (nSPS) is 13.0. The van der Waals surface area contributed by atoms with Gasteiger partial charge in [-0.2, -0.15) is 0 Å². The molecule has 0 radical (unpaired) electrons. The van der Waals surface area contributed by atoms with Gasteiger partial charge in [0.15, 0.2) is 15.1 Å². The highest BCUT2D eigenvalue weighted by Crippen LogP contribution is 2.20. The number of hydrogen-bond donors (Lipinski definition) is 0. The Labute approximate surface area is 108 Å². The van der Waals surface area contributed by atoms with Gasteiger partial charge in [0.2, 0.25) is 0 Å². The van der Waals surface area contributed by atoms with E-state index >= 15 is 0 Å². The van der Waals surface area contributed by atoms with Crippen molar-refractivity contribution in [2.75, 3.05) is 6.61 Å². The van der Waals surface area contributed by atoms with Gasteiger partial charge in [0.05, 0.1) is 11.5 Å². The molecule has 0 saturated carbocycles. The van der Waals surface area contributed by atoms with Crippen LogP contribution >= 0.6 is 0 Å². The molecule has 0 spiro atoms. The fourth-order valence-electron chi connectivity index (χ4n) is 1.67. The second kappa shape index (κ2) is 6.54. The summed E-state index contributed by atoms with van der Waals surface area (Å²) >= 11 is 0. The molecule has 1 atom stereocenters. The van der Waals surface area contributed by atoms with Crippen LogP contribution < -0.4 is 0 Å². The monoisotopic (exact) mass is 270 g/mol. The van der Waals surface area contributed by atoms with Crippen molar-refractivity contribution in [2.24, 2.45) is 0 Å². The Morgan fingerprint density at radius 3 is 2.33 bits per heavy atom. The van der Waals surface area contributed by atoms with Crippen LogP contribution in [0.2, 0.25) is 0 Å². The zero-order valence-corrected chi connectivity index (χ0v) is 11.4. The summed E-state index contributed by atoms with van der Waals surface area (Å²) in [6, 6.07) is 8.01. The molecule has 0 amide bonds. The van der Waals surface area contributed by atoms with E-state index in [-0.39, 0.29) is 17.9 Å². The van der Waals surface area contributed by atoms with Crippen LogP contribution in [0.4, 0.5) is 0 Å². The number of ether oxygens (including phenoxy) is 1. The van der Waals surface area contributed by atoms with Crippen molar-refractivity contribution >= 4 is 15.8 Å². The molecule has 1 aromatic rings. The number of carbonyl (C=O) groups excluding carboxylic acids is 1. The second-order valence-electron chi connectivity index (χ2n) is 3.89. The highest BCUT2D eigenvalue weighted by atomic mass is 32.2. The van der Waals surface area contributed by atoms with Gasteiger partial charge >= 0.3 is 5.97 Å². The molecular formula is C13H18O4S. The van der Waals surface area contributed by atoms with E-state index in [0.717, 1.165) is 0 Å². The summed E-state index contributed by atoms with van der Waals surface area (Å²) in [7, 11) is -3.66. The summed E-state index contributed by atoms with van der Waals surface area (Å²) in [6.45, 7) is 3.69. The van der Waals surface area contributed by atoms with E-state index in [1.807, 2.05) is 6.92 Å². The third-order valence-corrected chi connectivity index (χ3v) is 4.65. The molecule has 0 N–H and O–H groups in total. The molecule has 0 bridgehead atoms. The van der Waals surface area contributed by atoms with E-state index in [9.17, 15) is 13.2 Å². The molecule has 0 aliphatic rings. The van der Waals surface area contributed by atoms with Crippen LogP contribution in [0, 0.1) is 0 Å². The first-order valence-corrected chi connectivity index (χ1v) is 7.54. The largest absolute Gasteiger partial charge is 0.465 e. The van der Waals surface area contributed by atoms with Gasteiger partial charge in [-0.15, -0.1) is 0 Å². The van der Waals surface area contributed by atoms with Gasteiger partial charge in [-0.05, 0) is 25.5 Å². The summed E-state index contributed by atoms with van der Waals surface area (Å²) in [5, 5.41) is -1.11. The molecule has 5 heteroatoms. The first-order chi connectivity index (χ1) is 8.54. The van der Waals surface area contributed by atoms with Crippen molar-refractivity contribution in [3.8, 4) is 0 Å². The predicted molar refractivity (Wildman–Crippen MR) is 69.0 cm³/mol. The van der Waals surface area contributed by atoms with Crippen molar-refractivity contribution in [3.05, 3.63) is 30.3 Å². The van der Waals surface area contributed by atoms with Crippen molar-refractivity contribution in [1.82, 2.24) is 0 Å². The lowest BCUT2D eigenvalue weighted by Crippen LogP contribution is -2.32. The van der Waals surface area contributed by atoms with E-state index in [2.05, 4.69) is 0 Å². The van der Waals surface area contributed by atoms with Crippen LogP contribution in [0.25, 0.3) is 0 Å². The molecular weight excluding hydrogens is 252 g/mol. The van der Waals surface area contributed by atoms with Gasteiger partial charge in [0, 0.05) is 0 Å². The standard InChI is InChI=1S/C13H18O4S/c1-3-8-12(13(14)17-4-2)18(15,16)11-9-6-5-7-10-11/h5-7,9-10,12H,3-4,8H2,1-2H3. The number of sulfone groups is 1. The van der Waals surface area contributed by atoms with Crippen LogP contribution in [-0.2, 0) is 19.4 Å². The van der Waals surface area contributed by atoms with E-state index < -0.39 is 21.1 Å². The third-order valence-electron chi connectivity index (χ3n) is 2.55. The maximum atomic E-state index is 12.3. The molecule has 100 valence electrons. The van der Waals surface area contributed by atoms with Crippen molar-refractivity contribution < 1.29 is 17.9 Å². The Morgan fingerprint density at radius 1 is 1.22 bits per heavy atom. The summed E-state index contributed by atoms with van der Waals surface area (Å²) in [6.07, 6.45) is 0.881. The van der Waals surface area contributed by atoms with Crippen LogP contribution in [0.15, 0.2) is 35.2 Å². The predicted octanol–water partition coefficient (Wildman–Crippen LogP) is 2.19. The van der Waals surface area contributed by atoms with Gasteiger partial charge in [0.1, 0.15) is 0 Å². The topological polar surface area (TPSA) is 60.4 Å². The Morgan fingerprint density at radius 2 is 1.83 bits per heavy atom. The zero-order chi connectivity index (χ0) is 13.6. The van der Waals surface area contributed by atoms with E-state index in [1.165, 1.54) is 12.1 Å². The fourth-order valence-corrected chi connectivity index (χ4v) is 3.40. The van der Waals surface area contributed by atoms with Crippen LogP contribution in [0.3, 0.4) is 0 Å². The third kappa shape index (κ3) is 3.32. The zero-order valence-electron chi connectivity index (χ0n) is 10.6. The maximum absolute atomic E-state index is 12.3. The SMILES string of the molecule is CCCC(C(=O)OCC)S(=O)(=O)c1ccccc1. The van der Waals surface area contributed by atoms with Crippen molar-refractivity contribution in [1.29, 1.82) is 0 Å². The number of carbonyl (C=O) groups is 1. The van der Waals surface area contributed by atoms with Gasteiger partial charge in [0.25, 0.3) is 0 Å². The number of hydrogen-bond acceptors (Lipinski definition) is 4. The molecule has 0 fully saturated rings. The van der Waals surface area contributed by atoms with Crippen LogP contribution in [0.1, 0.15) is 26.7 Å². The highest BCUT2D eigenvalue weighted by molar-refractivity contribution is 7.92. The first-order valence-electron chi connectivity index (χ1n) is 5.99. The summed E-state index contributed by atoms with van der Waals surface area (Å²) in [4.78, 5) is 11.9. The van der Waals surface area contributed by atoms with Gasteiger partial charge < -0.3 is 4.74 Å². The molecule has 0 aliphatic carbocycles. The Bertz CT molecular complexity index is 479. The van der Waals surface area contributed by atoms with Gasteiger partial charge in [-0.25, -0.2) is 8.42 Å². The lowest BCUT2D eigenvalue weighted by molar-refractivity contribution is -0.142. The summed E-state index contributed by atoms with van der Waals surface area (Å²) in [5.41, 5.74) is 0. The molecule has 1 unspecified atom stereocenters. The Kier molecular flexibility index (Phi) is 5.34. The minimum atomic E-state index is -3.66. The summed E-state index contributed by atoms with van der Waals surface area (Å²) < 4.78 is 29.5. The van der Waals surface area contributed by atoms with Gasteiger partial charge in [-0.1, -0.05) is 31.5 Å². The molecule has 1 rings (SSSR count). The molecule has 0 heterocycles. The quantitative estimate of drug-likeness (QED) is 0.743. The molecule has 18 heavy (non-hydrogen) atoms. The average molecular weight is 270 g/mol. The Balaban J connectivity index is 3.09. The number of esters is 1. The molecule has 1 aromatic carbocycles. The smallest absolute Gasteiger partial charge is 0.324 e.